The number of hydrogen-bond donors (Lipinski definition) is 0. The molecule has 0 saturated carbocycles. The number of nitro groups is 1. The van der Waals surface area contributed by atoms with Gasteiger partial charge in [0.2, 0.25) is 0 Å². The summed E-state index contributed by atoms with van der Waals surface area (Å²) in [5, 5.41) is 11.4. The van der Waals surface area contributed by atoms with Gasteiger partial charge in [-0.15, -0.1) is 0 Å². The van der Waals surface area contributed by atoms with E-state index in [-0.39, 0.29) is 11.6 Å². The number of thiazole rings is 1. The molecule has 3 aromatic rings. The van der Waals surface area contributed by atoms with Crippen molar-refractivity contribution in [3.05, 3.63) is 64.2 Å². The summed E-state index contributed by atoms with van der Waals surface area (Å²) < 4.78 is 6.20. The standard InChI is InChI=1S/C21H22N4O4S/c1-23(2)12-13-24(21-22-18-10-9-17(29-3)14-19(18)30-21)20(26)11-6-15-4-7-16(8-5-15)25(27)28/h4-11,14H,12-13H2,1-3H3/b11-6+. The summed E-state index contributed by atoms with van der Waals surface area (Å²) in [4.78, 5) is 31.5. The van der Waals surface area contributed by atoms with Crippen LogP contribution in [0.1, 0.15) is 5.56 Å². The van der Waals surface area contributed by atoms with Gasteiger partial charge in [0, 0.05) is 31.3 Å². The number of carbonyl (C=O) groups is 1. The Morgan fingerprint density at radius 2 is 1.93 bits per heavy atom. The van der Waals surface area contributed by atoms with Crippen LogP contribution in [0.5, 0.6) is 5.75 Å². The predicted octanol–water partition coefficient (Wildman–Crippen LogP) is 3.82. The molecule has 0 fully saturated rings. The van der Waals surface area contributed by atoms with Crippen molar-refractivity contribution in [3.8, 4) is 5.75 Å². The highest BCUT2D eigenvalue weighted by Gasteiger charge is 2.18. The molecule has 1 amide bonds. The number of non-ortho nitro benzene ring substituents is 1. The first-order valence-corrected chi connectivity index (χ1v) is 10.0. The zero-order valence-corrected chi connectivity index (χ0v) is 17.8. The van der Waals surface area contributed by atoms with E-state index in [1.807, 2.05) is 37.2 Å². The highest BCUT2D eigenvalue weighted by molar-refractivity contribution is 7.22. The van der Waals surface area contributed by atoms with E-state index < -0.39 is 4.92 Å². The Kier molecular flexibility index (Phi) is 6.76. The van der Waals surface area contributed by atoms with Crippen LogP contribution in [0, 0.1) is 10.1 Å². The van der Waals surface area contributed by atoms with Crippen molar-refractivity contribution in [2.45, 2.75) is 0 Å². The molecule has 9 heteroatoms. The lowest BCUT2D eigenvalue weighted by Gasteiger charge is -2.20. The Bertz CT molecular complexity index is 1080. The smallest absolute Gasteiger partial charge is 0.269 e. The van der Waals surface area contributed by atoms with Crippen LogP contribution in [0.2, 0.25) is 0 Å². The molecule has 30 heavy (non-hydrogen) atoms. The van der Waals surface area contributed by atoms with Gasteiger partial charge in [-0.2, -0.15) is 0 Å². The number of aromatic nitrogens is 1. The lowest BCUT2D eigenvalue weighted by molar-refractivity contribution is -0.384. The number of benzene rings is 2. The van der Waals surface area contributed by atoms with Crippen LogP contribution in [-0.4, -0.2) is 55.0 Å². The Morgan fingerprint density at radius 1 is 1.20 bits per heavy atom. The van der Waals surface area contributed by atoms with Gasteiger partial charge in [0.05, 0.1) is 22.2 Å². The number of methoxy groups -OCH3 is 1. The molecule has 0 aliphatic rings. The largest absolute Gasteiger partial charge is 0.497 e. The average Bonchev–Trinajstić information content (AvgIpc) is 3.15. The van der Waals surface area contributed by atoms with Gasteiger partial charge in [0.1, 0.15) is 5.75 Å². The van der Waals surface area contributed by atoms with E-state index in [1.165, 1.54) is 29.5 Å². The molecule has 1 aromatic heterocycles. The zero-order valence-electron chi connectivity index (χ0n) is 16.9. The second-order valence-corrected chi connectivity index (χ2v) is 7.81. The number of fused-ring (bicyclic) bond motifs is 1. The van der Waals surface area contributed by atoms with Crippen LogP contribution in [0.25, 0.3) is 16.3 Å². The second kappa shape index (κ2) is 9.47. The summed E-state index contributed by atoms with van der Waals surface area (Å²) in [5.74, 6) is 0.531. The highest BCUT2D eigenvalue weighted by atomic mass is 32.1. The van der Waals surface area contributed by atoms with Gasteiger partial charge in [-0.05, 0) is 56.1 Å². The number of anilines is 1. The zero-order chi connectivity index (χ0) is 21.7. The third-order valence-electron chi connectivity index (χ3n) is 4.37. The number of likely N-dealkylation sites (N-methyl/N-ethyl adjacent to an activating group) is 1. The molecular formula is C21H22N4O4S. The van der Waals surface area contributed by atoms with Gasteiger partial charge in [0.15, 0.2) is 5.13 Å². The minimum Gasteiger partial charge on any atom is -0.497 e. The molecule has 1 heterocycles. The van der Waals surface area contributed by atoms with E-state index in [1.54, 1.807) is 30.2 Å². The van der Waals surface area contributed by atoms with Gasteiger partial charge in [-0.3, -0.25) is 19.8 Å². The molecule has 2 aromatic carbocycles. The Morgan fingerprint density at radius 3 is 2.57 bits per heavy atom. The fourth-order valence-corrected chi connectivity index (χ4v) is 3.73. The van der Waals surface area contributed by atoms with Crippen molar-refractivity contribution in [2.24, 2.45) is 0 Å². The number of ether oxygens (including phenoxy) is 1. The number of rotatable bonds is 8. The monoisotopic (exact) mass is 426 g/mol. The third-order valence-corrected chi connectivity index (χ3v) is 5.42. The maximum atomic E-state index is 13.0. The first-order valence-electron chi connectivity index (χ1n) is 9.20. The number of carbonyl (C=O) groups excluding carboxylic acids is 1. The molecule has 0 aliphatic heterocycles. The molecule has 156 valence electrons. The number of nitro benzene ring substituents is 1. The quantitative estimate of drug-likeness (QED) is 0.309. The van der Waals surface area contributed by atoms with E-state index in [4.69, 9.17) is 4.74 Å². The highest BCUT2D eigenvalue weighted by Crippen LogP contribution is 2.31. The Hall–Kier alpha value is -3.30. The average molecular weight is 426 g/mol. The lowest BCUT2D eigenvalue weighted by Crippen LogP contribution is -2.35. The van der Waals surface area contributed by atoms with Gasteiger partial charge in [-0.25, -0.2) is 4.98 Å². The van der Waals surface area contributed by atoms with Crippen LogP contribution >= 0.6 is 11.3 Å². The summed E-state index contributed by atoms with van der Waals surface area (Å²) in [6.45, 7) is 1.16. The van der Waals surface area contributed by atoms with Crippen molar-refractivity contribution < 1.29 is 14.5 Å². The molecule has 0 bridgehead atoms. The molecule has 0 radical (unpaired) electrons. The van der Waals surface area contributed by atoms with Crippen molar-refractivity contribution >= 4 is 44.4 Å². The van der Waals surface area contributed by atoms with Crippen LogP contribution in [0.3, 0.4) is 0 Å². The van der Waals surface area contributed by atoms with Crippen molar-refractivity contribution in [1.82, 2.24) is 9.88 Å². The van der Waals surface area contributed by atoms with Gasteiger partial charge in [0.25, 0.3) is 11.6 Å². The number of nitrogens with zero attached hydrogens (tertiary/aromatic N) is 4. The van der Waals surface area contributed by atoms with Crippen LogP contribution in [0.15, 0.2) is 48.5 Å². The molecule has 0 spiro atoms. The summed E-state index contributed by atoms with van der Waals surface area (Å²) in [5.41, 5.74) is 1.52. The fourth-order valence-electron chi connectivity index (χ4n) is 2.70. The van der Waals surface area contributed by atoms with Gasteiger partial charge in [-0.1, -0.05) is 11.3 Å². The third kappa shape index (κ3) is 5.19. The van der Waals surface area contributed by atoms with E-state index in [2.05, 4.69) is 4.98 Å². The predicted molar refractivity (Wildman–Crippen MR) is 119 cm³/mol. The van der Waals surface area contributed by atoms with E-state index in [9.17, 15) is 14.9 Å². The number of hydrogen-bond acceptors (Lipinski definition) is 7. The molecule has 0 aliphatic carbocycles. The normalized spacial score (nSPS) is 11.3. The van der Waals surface area contributed by atoms with E-state index in [0.717, 1.165) is 16.0 Å². The Labute approximate surface area is 178 Å². The summed E-state index contributed by atoms with van der Waals surface area (Å²) in [6.07, 6.45) is 3.11. The van der Waals surface area contributed by atoms with Crippen LogP contribution < -0.4 is 9.64 Å². The minimum absolute atomic E-state index is 0.0102. The van der Waals surface area contributed by atoms with E-state index >= 15 is 0 Å². The molecule has 0 N–H and O–H groups in total. The molecule has 8 nitrogen and oxygen atoms in total. The lowest BCUT2D eigenvalue weighted by atomic mass is 10.2. The fraction of sp³-hybridized carbons (Fsp3) is 0.238. The SMILES string of the molecule is COc1ccc2nc(N(CCN(C)C)C(=O)/C=C/c3ccc([N+](=O)[O-])cc3)sc2c1. The molecule has 0 saturated heterocycles. The van der Waals surface area contributed by atoms with Crippen LogP contribution in [-0.2, 0) is 4.79 Å². The second-order valence-electron chi connectivity index (χ2n) is 6.81. The summed E-state index contributed by atoms with van der Waals surface area (Å²) in [7, 11) is 5.50. The molecule has 0 atom stereocenters. The van der Waals surface area contributed by atoms with Crippen LogP contribution in [0.4, 0.5) is 10.8 Å². The molecule has 0 unspecified atom stereocenters. The van der Waals surface area contributed by atoms with Crippen molar-refractivity contribution in [3.63, 3.8) is 0 Å². The first kappa shape index (κ1) is 21.4. The number of amides is 1. The minimum atomic E-state index is -0.455. The maximum absolute atomic E-state index is 13.0. The van der Waals surface area contributed by atoms with Crippen molar-refractivity contribution in [2.75, 3.05) is 39.2 Å². The van der Waals surface area contributed by atoms with E-state index in [0.29, 0.717) is 23.8 Å². The van der Waals surface area contributed by atoms with Gasteiger partial charge >= 0.3 is 0 Å². The summed E-state index contributed by atoms with van der Waals surface area (Å²) >= 11 is 1.43. The topological polar surface area (TPSA) is 88.8 Å². The first-order chi connectivity index (χ1) is 14.4. The Balaban J connectivity index is 1.85. The van der Waals surface area contributed by atoms with Crippen molar-refractivity contribution in [1.29, 1.82) is 0 Å². The maximum Gasteiger partial charge on any atom is 0.269 e. The summed E-state index contributed by atoms with van der Waals surface area (Å²) in [6, 6.07) is 11.6. The molecule has 3 rings (SSSR count). The molecular weight excluding hydrogens is 404 g/mol. The van der Waals surface area contributed by atoms with Gasteiger partial charge < -0.3 is 9.64 Å².